The van der Waals surface area contributed by atoms with Gasteiger partial charge in [-0.2, -0.15) is 0 Å². The average molecular weight is 351 g/mol. The zero-order valence-corrected chi connectivity index (χ0v) is 12.3. The summed E-state index contributed by atoms with van der Waals surface area (Å²) in [6.07, 6.45) is 1.36. The van der Waals surface area contributed by atoms with Crippen LogP contribution in [-0.4, -0.2) is 9.55 Å². The quantitative estimate of drug-likeness (QED) is 0.709. The van der Waals surface area contributed by atoms with E-state index >= 15 is 0 Å². The number of hydrogen-bond donors (Lipinski definition) is 0. The molecule has 21 heavy (non-hydrogen) atoms. The molecule has 1 aromatic heterocycles. The minimum absolute atomic E-state index is 0.00392. The van der Waals surface area contributed by atoms with E-state index in [0.717, 1.165) is 16.6 Å². The van der Waals surface area contributed by atoms with Crippen molar-refractivity contribution in [1.29, 1.82) is 0 Å². The molecule has 0 aliphatic carbocycles. The molecule has 0 amide bonds. The lowest BCUT2D eigenvalue weighted by molar-refractivity contribution is 0.564. The molecule has 0 aliphatic heterocycles. The van der Waals surface area contributed by atoms with Crippen molar-refractivity contribution in [3.63, 3.8) is 0 Å². The van der Waals surface area contributed by atoms with Crippen LogP contribution >= 0.6 is 15.9 Å². The van der Waals surface area contributed by atoms with Crippen molar-refractivity contribution in [2.24, 2.45) is 0 Å². The van der Waals surface area contributed by atoms with Crippen LogP contribution in [0.5, 0.6) is 0 Å². The molecular weight excluding hydrogens is 342 g/mol. The summed E-state index contributed by atoms with van der Waals surface area (Å²) in [5.41, 5.74) is 0.526. The van der Waals surface area contributed by atoms with E-state index in [1.807, 2.05) is 0 Å². The van der Waals surface area contributed by atoms with E-state index in [9.17, 15) is 13.6 Å². The highest BCUT2D eigenvalue weighted by Gasteiger charge is 2.08. The molecule has 0 fully saturated rings. The van der Waals surface area contributed by atoms with Gasteiger partial charge in [-0.05, 0) is 24.3 Å². The lowest BCUT2D eigenvalue weighted by Crippen LogP contribution is -2.21. The lowest BCUT2D eigenvalue weighted by Gasteiger charge is -2.08. The van der Waals surface area contributed by atoms with Crippen molar-refractivity contribution in [2.75, 3.05) is 0 Å². The molecule has 2 aromatic carbocycles. The van der Waals surface area contributed by atoms with Crippen molar-refractivity contribution in [3.05, 3.63) is 74.7 Å². The molecule has 0 atom stereocenters. The molecule has 106 valence electrons. The molecule has 3 aromatic rings. The number of hydrogen-bond acceptors (Lipinski definition) is 2. The van der Waals surface area contributed by atoms with Gasteiger partial charge in [0, 0.05) is 16.1 Å². The Labute approximate surface area is 127 Å². The Kier molecular flexibility index (Phi) is 3.55. The lowest BCUT2D eigenvalue weighted by atomic mass is 10.2. The zero-order valence-electron chi connectivity index (χ0n) is 10.7. The Morgan fingerprint density at radius 1 is 1.14 bits per heavy atom. The van der Waals surface area contributed by atoms with Crippen LogP contribution < -0.4 is 5.56 Å². The number of fused-ring (bicyclic) bond motifs is 1. The van der Waals surface area contributed by atoms with Gasteiger partial charge in [0.15, 0.2) is 0 Å². The van der Waals surface area contributed by atoms with E-state index in [1.165, 1.54) is 17.0 Å². The first-order valence-corrected chi connectivity index (χ1v) is 6.92. The Hall–Kier alpha value is -2.08. The Bertz CT molecular complexity index is 892. The van der Waals surface area contributed by atoms with E-state index in [1.54, 1.807) is 18.2 Å². The van der Waals surface area contributed by atoms with Crippen molar-refractivity contribution in [2.45, 2.75) is 6.54 Å². The predicted octanol–water partition coefficient (Wildman–Crippen LogP) is 3.49. The summed E-state index contributed by atoms with van der Waals surface area (Å²) in [6.45, 7) is 0.00392. The fourth-order valence-electron chi connectivity index (χ4n) is 2.08. The third-order valence-corrected chi connectivity index (χ3v) is 3.64. The summed E-state index contributed by atoms with van der Waals surface area (Å²) in [5.74, 6) is -1.33. The maximum atomic E-state index is 13.7. The van der Waals surface area contributed by atoms with Gasteiger partial charge in [-0.25, -0.2) is 13.8 Å². The van der Waals surface area contributed by atoms with Crippen LogP contribution in [0.15, 0.2) is 52.0 Å². The smallest absolute Gasteiger partial charge is 0.261 e. The predicted molar refractivity (Wildman–Crippen MR) is 79.2 cm³/mol. The van der Waals surface area contributed by atoms with Crippen LogP contribution in [0.4, 0.5) is 8.78 Å². The first-order valence-electron chi connectivity index (χ1n) is 6.13. The highest BCUT2D eigenvalue weighted by atomic mass is 79.9. The molecule has 0 radical (unpaired) electrons. The monoisotopic (exact) mass is 350 g/mol. The number of halogens is 3. The van der Waals surface area contributed by atoms with E-state index in [0.29, 0.717) is 10.9 Å². The van der Waals surface area contributed by atoms with Gasteiger partial charge in [0.1, 0.15) is 11.6 Å². The fourth-order valence-corrected chi connectivity index (χ4v) is 2.43. The van der Waals surface area contributed by atoms with Gasteiger partial charge in [0.05, 0.1) is 23.8 Å². The van der Waals surface area contributed by atoms with E-state index in [-0.39, 0.29) is 17.7 Å². The number of rotatable bonds is 2. The van der Waals surface area contributed by atoms with E-state index < -0.39 is 11.6 Å². The topological polar surface area (TPSA) is 34.9 Å². The van der Waals surface area contributed by atoms with Crippen molar-refractivity contribution in [3.8, 4) is 0 Å². The molecule has 0 saturated heterocycles. The van der Waals surface area contributed by atoms with Gasteiger partial charge in [-0.3, -0.25) is 9.36 Å². The molecule has 0 N–H and O–H groups in total. The molecule has 0 spiro atoms. The second kappa shape index (κ2) is 5.37. The molecule has 1 heterocycles. The normalized spacial score (nSPS) is 11.0. The third-order valence-electron chi connectivity index (χ3n) is 3.14. The van der Waals surface area contributed by atoms with Gasteiger partial charge in [-0.15, -0.1) is 0 Å². The summed E-state index contributed by atoms with van der Waals surface area (Å²) in [7, 11) is 0. The minimum Gasteiger partial charge on any atom is -0.294 e. The van der Waals surface area contributed by atoms with Gasteiger partial charge >= 0.3 is 0 Å². The average Bonchev–Trinajstić information content (AvgIpc) is 2.44. The highest BCUT2D eigenvalue weighted by Crippen LogP contribution is 2.15. The Morgan fingerprint density at radius 2 is 1.95 bits per heavy atom. The van der Waals surface area contributed by atoms with Crippen LogP contribution in [0.3, 0.4) is 0 Å². The summed E-state index contributed by atoms with van der Waals surface area (Å²) in [4.78, 5) is 16.5. The Morgan fingerprint density at radius 3 is 2.71 bits per heavy atom. The second-order valence-electron chi connectivity index (χ2n) is 4.57. The maximum Gasteiger partial charge on any atom is 0.261 e. The van der Waals surface area contributed by atoms with Crippen molar-refractivity contribution >= 4 is 26.8 Å². The van der Waals surface area contributed by atoms with Gasteiger partial charge in [0.2, 0.25) is 0 Å². The number of nitrogens with zero attached hydrogens (tertiary/aromatic N) is 2. The van der Waals surface area contributed by atoms with E-state index in [2.05, 4.69) is 20.9 Å². The third kappa shape index (κ3) is 2.71. The second-order valence-corrected chi connectivity index (χ2v) is 5.49. The van der Waals surface area contributed by atoms with Crippen LogP contribution in [0.25, 0.3) is 10.9 Å². The fraction of sp³-hybridized carbons (Fsp3) is 0.0667. The number of benzene rings is 2. The Balaban J connectivity index is 2.07. The van der Waals surface area contributed by atoms with Crippen LogP contribution in [0, 0.1) is 11.6 Å². The molecular formula is C15H9BrF2N2O. The first-order chi connectivity index (χ1) is 10.0. The molecule has 0 saturated carbocycles. The maximum absolute atomic E-state index is 13.7. The van der Waals surface area contributed by atoms with Crippen LogP contribution in [0.2, 0.25) is 0 Å². The van der Waals surface area contributed by atoms with Crippen molar-refractivity contribution < 1.29 is 8.78 Å². The zero-order chi connectivity index (χ0) is 15.0. The molecule has 6 heteroatoms. The van der Waals surface area contributed by atoms with Gasteiger partial charge < -0.3 is 0 Å². The summed E-state index contributed by atoms with van der Waals surface area (Å²) < 4.78 is 28.7. The largest absolute Gasteiger partial charge is 0.294 e. The summed E-state index contributed by atoms with van der Waals surface area (Å²) in [6, 6.07) is 8.42. The van der Waals surface area contributed by atoms with Crippen LogP contribution in [-0.2, 0) is 6.54 Å². The molecule has 0 bridgehead atoms. The molecule has 0 aliphatic rings. The first kappa shape index (κ1) is 13.9. The standard InChI is InChI=1S/C15H9BrF2N2O/c16-10-2-4-12-14(5-10)19-8-20(15(12)21)7-9-1-3-11(17)6-13(9)18/h1-6,8H,7H2. The molecule has 0 unspecified atom stereocenters. The number of aromatic nitrogens is 2. The molecule has 3 nitrogen and oxygen atoms in total. The SMILES string of the molecule is O=c1c2ccc(Br)cc2ncn1Cc1ccc(F)cc1F. The van der Waals surface area contributed by atoms with Gasteiger partial charge in [0.25, 0.3) is 5.56 Å². The van der Waals surface area contributed by atoms with Crippen molar-refractivity contribution in [1.82, 2.24) is 9.55 Å². The van der Waals surface area contributed by atoms with E-state index in [4.69, 9.17) is 0 Å². The summed E-state index contributed by atoms with van der Waals surface area (Å²) in [5, 5.41) is 0.447. The molecule has 3 rings (SSSR count). The summed E-state index contributed by atoms with van der Waals surface area (Å²) >= 11 is 3.31. The highest BCUT2D eigenvalue weighted by molar-refractivity contribution is 9.10. The minimum atomic E-state index is -0.683. The van der Waals surface area contributed by atoms with Crippen LogP contribution in [0.1, 0.15) is 5.56 Å². The van der Waals surface area contributed by atoms with Gasteiger partial charge in [-0.1, -0.05) is 22.0 Å².